The molecule has 0 spiro atoms. The van der Waals surface area contributed by atoms with Crippen LogP contribution in [0.1, 0.15) is 6.92 Å². The number of hydrogen-bond donors (Lipinski definition) is 1. The highest BCUT2D eigenvalue weighted by molar-refractivity contribution is 6.21. The van der Waals surface area contributed by atoms with Crippen molar-refractivity contribution in [1.82, 2.24) is 0 Å². The van der Waals surface area contributed by atoms with Gasteiger partial charge in [-0.2, -0.15) is 8.78 Å². The van der Waals surface area contributed by atoms with Crippen molar-refractivity contribution in [3.63, 3.8) is 0 Å². The quantitative estimate of drug-likeness (QED) is 0.582. The Morgan fingerprint density at radius 3 is 2.12 bits per heavy atom. The first kappa shape index (κ1) is 8.11. The maximum Gasteiger partial charge on any atom is 0.326 e. The number of hydrogen-bond acceptors (Lipinski definition) is 1. The Bertz CT molecular complexity index is 70.9. The number of aliphatic hydroxyl groups excluding tert-OH is 1. The van der Waals surface area contributed by atoms with E-state index >= 15 is 0 Å². The minimum absolute atomic E-state index is 0.587. The molecule has 4 heteroatoms. The van der Waals surface area contributed by atoms with Gasteiger partial charge in [-0.05, 0) is 11.6 Å². The maximum absolute atomic E-state index is 11.7. The van der Waals surface area contributed by atoms with Gasteiger partial charge in [0.15, 0.2) is 0 Å². The topological polar surface area (TPSA) is 20.2 Å². The molecule has 0 aliphatic rings. The van der Waals surface area contributed by atoms with E-state index in [-0.39, 0.29) is 0 Å². The molecule has 0 amide bonds. The second-order valence-corrected chi connectivity index (χ2v) is 2.13. The third-order valence-electron chi connectivity index (χ3n) is 0.833. The van der Waals surface area contributed by atoms with E-state index in [1.165, 1.54) is 6.92 Å². The lowest BCUT2D eigenvalue weighted by atomic mass is 10.2. The van der Waals surface area contributed by atoms with E-state index < -0.39 is 17.9 Å². The first-order valence-electron chi connectivity index (χ1n) is 2.16. The Balaban J connectivity index is 3.62. The summed E-state index contributed by atoms with van der Waals surface area (Å²) in [5.74, 6) is -1.16. The Morgan fingerprint density at radius 1 is 1.75 bits per heavy atom. The number of halogens is 3. The van der Waals surface area contributed by atoms with Gasteiger partial charge < -0.3 is 5.11 Å². The summed E-state index contributed by atoms with van der Waals surface area (Å²) in [7, 11) is 0. The van der Waals surface area contributed by atoms with Crippen molar-refractivity contribution in [3.8, 4) is 0 Å². The van der Waals surface area contributed by atoms with Gasteiger partial charge >= 0.3 is 5.38 Å². The fraction of sp³-hybridized carbons (Fsp3) is 1.00. The zero-order chi connectivity index (χ0) is 6.78. The molecule has 0 bridgehead atoms. The van der Waals surface area contributed by atoms with Crippen molar-refractivity contribution >= 4 is 11.6 Å². The van der Waals surface area contributed by atoms with E-state index in [4.69, 9.17) is 5.11 Å². The molecule has 8 heavy (non-hydrogen) atoms. The Hall–Kier alpha value is 0.110. The lowest BCUT2D eigenvalue weighted by molar-refractivity contribution is 0.00987. The SMILES string of the molecule is CC(CO)C(F)(F)Cl. The number of rotatable bonds is 2. The highest BCUT2D eigenvalue weighted by Crippen LogP contribution is 2.27. The summed E-state index contributed by atoms with van der Waals surface area (Å²) < 4.78 is 23.4. The van der Waals surface area contributed by atoms with Crippen LogP contribution in [0.5, 0.6) is 0 Å². The fourth-order valence-electron chi connectivity index (χ4n) is 0.104. The van der Waals surface area contributed by atoms with E-state index in [0.717, 1.165) is 0 Å². The van der Waals surface area contributed by atoms with Gasteiger partial charge in [-0.3, -0.25) is 0 Å². The molecule has 50 valence electrons. The number of alkyl halides is 3. The van der Waals surface area contributed by atoms with Gasteiger partial charge in [-0.1, -0.05) is 6.92 Å². The average Bonchev–Trinajstić information content (AvgIpc) is 1.62. The molecule has 0 aromatic carbocycles. The van der Waals surface area contributed by atoms with Crippen molar-refractivity contribution < 1.29 is 13.9 Å². The monoisotopic (exact) mass is 144 g/mol. The molecule has 0 aromatic rings. The van der Waals surface area contributed by atoms with Crippen molar-refractivity contribution in [2.45, 2.75) is 12.3 Å². The lowest BCUT2D eigenvalue weighted by Crippen LogP contribution is -2.21. The summed E-state index contributed by atoms with van der Waals surface area (Å²) in [6.07, 6.45) is 0. The zero-order valence-electron chi connectivity index (χ0n) is 4.37. The van der Waals surface area contributed by atoms with Crippen LogP contribution in [0.25, 0.3) is 0 Å². The van der Waals surface area contributed by atoms with Gasteiger partial charge in [0, 0.05) is 0 Å². The first-order chi connectivity index (χ1) is 3.48. The van der Waals surface area contributed by atoms with Crippen LogP contribution in [0.3, 0.4) is 0 Å². The summed E-state index contributed by atoms with van der Waals surface area (Å²) >= 11 is 4.49. The van der Waals surface area contributed by atoms with Crippen LogP contribution in [-0.4, -0.2) is 17.1 Å². The Morgan fingerprint density at radius 2 is 2.12 bits per heavy atom. The summed E-state index contributed by atoms with van der Waals surface area (Å²) in [6, 6.07) is 0. The molecule has 1 atom stereocenters. The first-order valence-corrected chi connectivity index (χ1v) is 2.54. The highest BCUT2D eigenvalue weighted by atomic mass is 35.5. The van der Waals surface area contributed by atoms with Crippen molar-refractivity contribution in [2.75, 3.05) is 6.61 Å². The standard InChI is InChI=1S/C4H7ClF2O/c1-3(2-8)4(5,6)7/h3,8H,2H2,1H3. The molecule has 0 saturated carbocycles. The normalized spacial score (nSPS) is 16.1. The molecular weight excluding hydrogens is 137 g/mol. The fourth-order valence-corrected chi connectivity index (χ4v) is 0.173. The molecular formula is C4H7ClF2O. The predicted molar refractivity (Wildman–Crippen MR) is 27.0 cm³/mol. The van der Waals surface area contributed by atoms with Crippen LogP contribution in [-0.2, 0) is 0 Å². The maximum atomic E-state index is 11.7. The summed E-state index contributed by atoms with van der Waals surface area (Å²) in [5, 5.41) is 4.84. The van der Waals surface area contributed by atoms with E-state index in [2.05, 4.69) is 11.6 Å². The van der Waals surface area contributed by atoms with E-state index in [0.29, 0.717) is 0 Å². The Kier molecular flexibility index (Phi) is 2.63. The Labute approximate surface area is 51.3 Å². The van der Waals surface area contributed by atoms with Crippen LogP contribution in [0.4, 0.5) is 8.78 Å². The van der Waals surface area contributed by atoms with Crippen LogP contribution >= 0.6 is 11.6 Å². The molecule has 0 heterocycles. The summed E-state index contributed by atoms with van der Waals surface area (Å²) in [6.45, 7) is 0.587. The third kappa shape index (κ3) is 2.43. The van der Waals surface area contributed by atoms with Crippen LogP contribution in [0, 0.1) is 5.92 Å². The van der Waals surface area contributed by atoms with Crippen molar-refractivity contribution in [1.29, 1.82) is 0 Å². The molecule has 0 fully saturated rings. The van der Waals surface area contributed by atoms with E-state index in [1.54, 1.807) is 0 Å². The average molecular weight is 145 g/mol. The van der Waals surface area contributed by atoms with E-state index in [1.807, 2.05) is 0 Å². The molecule has 1 nitrogen and oxygen atoms in total. The van der Waals surface area contributed by atoms with Crippen molar-refractivity contribution in [2.24, 2.45) is 5.92 Å². The van der Waals surface area contributed by atoms with Crippen molar-refractivity contribution in [3.05, 3.63) is 0 Å². The van der Waals surface area contributed by atoms with Gasteiger partial charge in [0.25, 0.3) is 0 Å². The summed E-state index contributed by atoms with van der Waals surface area (Å²) in [4.78, 5) is 0. The molecule has 0 rings (SSSR count). The van der Waals surface area contributed by atoms with Crippen LogP contribution in [0.2, 0.25) is 0 Å². The predicted octanol–water partition coefficient (Wildman–Crippen LogP) is 1.45. The van der Waals surface area contributed by atoms with Gasteiger partial charge in [0.2, 0.25) is 0 Å². The van der Waals surface area contributed by atoms with Gasteiger partial charge in [-0.25, -0.2) is 0 Å². The van der Waals surface area contributed by atoms with Gasteiger partial charge in [0.05, 0.1) is 12.5 Å². The van der Waals surface area contributed by atoms with Gasteiger partial charge in [0.1, 0.15) is 0 Å². The largest absolute Gasteiger partial charge is 0.396 e. The molecule has 0 radical (unpaired) electrons. The molecule has 0 aromatic heterocycles. The molecule has 0 saturated heterocycles. The second kappa shape index (κ2) is 2.60. The summed E-state index contributed by atoms with van der Waals surface area (Å²) in [5.41, 5.74) is 0. The second-order valence-electron chi connectivity index (χ2n) is 1.63. The lowest BCUT2D eigenvalue weighted by Gasteiger charge is -2.12. The molecule has 1 N–H and O–H groups in total. The smallest absolute Gasteiger partial charge is 0.326 e. The minimum atomic E-state index is -3.27. The molecule has 0 aliphatic heterocycles. The minimum Gasteiger partial charge on any atom is -0.396 e. The molecule has 0 aliphatic carbocycles. The third-order valence-corrected chi connectivity index (χ3v) is 1.21. The number of aliphatic hydroxyl groups is 1. The van der Waals surface area contributed by atoms with Crippen LogP contribution in [0.15, 0.2) is 0 Å². The van der Waals surface area contributed by atoms with E-state index in [9.17, 15) is 8.78 Å². The molecule has 1 unspecified atom stereocenters. The zero-order valence-corrected chi connectivity index (χ0v) is 5.12. The van der Waals surface area contributed by atoms with Crippen LogP contribution < -0.4 is 0 Å². The van der Waals surface area contributed by atoms with Gasteiger partial charge in [-0.15, -0.1) is 0 Å². The highest BCUT2D eigenvalue weighted by Gasteiger charge is 2.32.